The first kappa shape index (κ1) is 20.8. The van der Waals surface area contributed by atoms with Gasteiger partial charge in [-0.2, -0.15) is 0 Å². The van der Waals surface area contributed by atoms with Gasteiger partial charge in [0, 0.05) is 45.5 Å². The van der Waals surface area contributed by atoms with Gasteiger partial charge >= 0.3 is 0 Å². The summed E-state index contributed by atoms with van der Waals surface area (Å²) >= 11 is 0. The average Bonchev–Trinajstić information content (AvgIpc) is 2.73. The van der Waals surface area contributed by atoms with Crippen LogP contribution < -0.4 is 10.2 Å². The number of ether oxygens (including phenoxy) is 3. The van der Waals surface area contributed by atoms with Gasteiger partial charge < -0.3 is 29.3 Å². The number of rotatable bonds is 6. The van der Waals surface area contributed by atoms with Crippen molar-refractivity contribution in [1.82, 2.24) is 15.2 Å². The average molecular weight is 395 g/mol. The van der Waals surface area contributed by atoms with E-state index in [0.717, 1.165) is 19.0 Å². The standard InChI is InChI=1S/C19H30FN5O3/c1-15(13-26-2)23-19(22-12-16-14-27-10-11-28-16)25-8-6-24(7-9-25)18-17(20)4-3-5-21-18/h3-5,15-16H,6-14H2,1-2H3,(H,22,23). The minimum absolute atomic E-state index is 0.0211. The molecule has 2 saturated heterocycles. The number of pyridine rings is 1. The normalized spacial score (nSPS) is 22.2. The first-order valence-corrected chi connectivity index (χ1v) is 9.77. The van der Waals surface area contributed by atoms with Gasteiger partial charge in [-0.05, 0) is 19.1 Å². The van der Waals surface area contributed by atoms with Gasteiger partial charge in [-0.3, -0.25) is 4.99 Å². The van der Waals surface area contributed by atoms with Crippen molar-refractivity contribution in [3.05, 3.63) is 24.1 Å². The monoisotopic (exact) mass is 395 g/mol. The van der Waals surface area contributed by atoms with E-state index in [9.17, 15) is 4.39 Å². The number of nitrogens with zero attached hydrogens (tertiary/aromatic N) is 4. The Morgan fingerprint density at radius 3 is 2.89 bits per heavy atom. The lowest BCUT2D eigenvalue weighted by atomic mass is 10.3. The lowest BCUT2D eigenvalue weighted by Gasteiger charge is -2.38. The highest BCUT2D eigenvalue weighted by atomic mass is 19.1. The maximum Gasteiger partial charge on any atom is 0.194 e. The molecule has 9 heteroatoms. The second-order valence-corrected chi connectivity index (χ2v) is 7.02. The summed E-state index contributed by atoms with van der Waals surface area (Å²) in [6.45, 7) is 7.80. The molecule has 2 unspecified atom stereocenters. The largest absolute Gasteiger partial charge is 0.383 e. The number of methoxy groups -OCH3 is 1. The van der Waals surface area contributed by atoms with Crippen LogP contribution >= 0.6 is 0 Å². The van der Waals surface area contributed by atoms with E-state index < -0.39 is 0 Å². The zero-order chi connectivity index (χ0) is 19.8. The molecule has 1 aromatic rings. The zero-order valence-electron chi connectivity index (χ0n) is 16.6. The third-order valence-electron chi connectivity index (χ3n) is 4.74. The highest BCUT2D eigenvalue weighted by Crippen LogP contribution is 2.17. The van der Waals surface area contributed by atoms with E-state index in [-0.39, 0.29) is 18.0 Å². The molecule has 0 amide bonds. The molecule has 2 aliphatic rings. The predicted octanol–water partition coefficient (Wildman–Crippen LogP) is 0.739. The van der Waals surface area contributed by atoms with Gasteiger partial charge in [-0.15, -0.1) is 0 Å². The van der Waals surface area contributed by atoms with Gasteiger partial charge in [0.2, 0.25) is 0 Å². The number of guanidine groups is 1. The molecule has 0 bridgehead atoms. The highest BCUT2D eigenvalue weighted by molar-refractivity contribution is 5.80. The number of nitrogens with one attached hydrogen (secondary N) is 1. The van der Waals surface area contributed by atoms with Gasteiger partial charge in [-0.1, -0.05) is 0 Å². The van der Waals surface area contributed by atoms with Gasteiger partial charge in [0.25, 0.3) is 0 Å². The van der Waals surface area contributed by atoms with Crippen LogP contribution in [0, 0.1) is 5.82 Å². The minimum Gasteiger partial charge on any atom is -0.383 e. The van der Waals surface area contributed by atoms with E-state index in [2.05, 4.69) is 22.1 Å². The number of aromatic nitrogens is 1. The van der Waals surface area contributed by atoms with Crippen LogP contribution in [0.4, 0.5) is 10.2 Å². The molecule has 0 aliphatic carbocycles. The topological polar surface area (TPSA) is 71.5 Å². The van der Waals surface area contributed by atoms with E-state index in [1.807, 2.05) is 4.90 Å². The molecule has 0 radical (unpaired) electrons. The Morgan fingerprint density at radius 1 is 1.39 bits per heavy atom. The van der Waals surface area contributed by atoms with E-state index in [4.69, 9.17) is 19.2 Å². The summed E-state index contributed by atoms with van der Waals surface area (Å²) in [5.41, 5.74) is 0. The Labute approximate surface area is 165 Å². The molecule has 0 spiro atoms. The summed E-state index contributed by atoms with van der Waals surface area (Å²) in [6.07, 6.45) is 1.60. The van der Waals surface area contributed by atoms with Crippen molar-refractivity contribution in [2.45, 2.75) is 19.1 Å². The molecule has 28 heavy (non-hydrogen) atoms. The first-order valence-electron chi connectivity index (χ1n) is 9.77. The summed E-state index contributed by atoms with van der Waals surface area (Å²) in [4.78, 5) is 13.1. The van der Waals surface area contributed by atoms with Crippen LogP contribution in [-0.4, -0.2) is 94.3 Å². The lowest BCUT2D eigenvalue weighted by molar-refractivity contribution is -0.0833. The maximum atomic E-state index is 14.0. The fourth-order valence-corrected chi connectivity index (χ4v) is 3.32. The number of hydrogen-bond acceptors (Lipinski definition) is 6. The number of aliphatic imine (C=N–C) groups is 1. The molecule has 3 rings (SSSR count). The number of piperazine rings is 1. The molecule has 2 fully saturated rings. The second kappa shape index (κ2) is 10.5. The molecular weight excluding hydrogens is 365 g/mol. The molecule has 8 nitrogen and oxygen atoms in total. The smallest absolute Gasteiger partial charge is 0.194 e. The Balaban J connectivity index is 1.62. The van der Waals surface area contributed by atoms with Crippen LogP contribution in [0.1, 0.15) is 6.92 Å². The number of halogens is 1. The third-order valence-corrected chi connectivity index (χ3v) is 4.74. The van der Waals surface area contributed by atoms with Crippen LogP contribution in [0.25, 0.3) is 0 Å². The van der Waals surface area contributed by atoms with Crippen molar-refractivity contribution in [2.24, 2.45) is 4.99 Å². The fourth-order valence-electron chi connectivity index (χ4n) is 3.32. The molecular formula is C19H30FN5O3. The highest BCUT2D eigenvalue weighted by Gasteiger charge is 2.24. The van der Waals surface area contributed by atoms with Gasteiger partial charge in [0.15, 0.2) is 17.6 Å². The van der Waals surface area contributed by atoms with Crippen molar-refractivity contribution in [3.8, 4) is 0 Å². The van der Waals surface area contributed by atoms with E-state index in [1.54, 1.807) is 19.4 Å². The SMILES string of the molecule is COCC(C)NC(=NCC1COCCO1)N1CCN(c2ncccc2F)CC1. The Bertz CT molecular complexity index is 634. The molecule has 0 aromatic carbocycles. The van der Waals surface area contributed by atoms with Gasteiger partial charge in [-0.25, -0.2) is 9.37 Å². The molecule has 1 N–H and O–H groups in total. The van der Waals surface area contributed by atoms with E-state index in [0.29, 0.717) is 51.9 Å². The Morgan fingerprint density at radius 2 is 2.21 bits per heavy atom. The summed E-state index contributed by atoms with van der Waals surface area (Å²) in [5.74, 6) is 0.945. The molecule has 2 aliphatic heterocycles. The summed E-state index contributed by atoms with van der Waals surface area (Å²) in [6, 6.07) is 3.18. The zero-order valence-corrected chi connectivity index (χ0v) is 16.6. The molecule has 3 heterocycles. The van der Waals surface area contributed by atoms with Crippen molar-refractivity contribution >= 4 is 11.8 Å². The van der Waals surface area contributed by atoms with Crippen molar-refractivity contribution in [3.63, 3.8) is 0 Å². The fraction of sp³-hybridized carbons (Fsp3) is 0.684. The van der Waals surface area contributed by atoms with Crippen LogP contribution in [0.15, 0.2) is 23.3 Å². The van der Waals surface area contributed by atoms with Crippen LogP contribution in [-0.2, 0) is 14.2 Å². The van der Waals surface area contributed by atoms with E-state index in [1.165, 1.54) is 6.07 Å². The lowest BCUT2D eigenvalue weighted by Crippen LogP contribution is -2.55. The van der Waals surface area contributed by atoms with Crippen molar-refractivity contribution in [1.29, 1.82) is 0 Å². The Hall–Kier alpha value is -1.97. The number of hydrogen-bond donors (Lipinski definition) is 1. The Kier molecular flexibility index (Phi) is 7.81. The molecule has 2 atom stereocenters. The van der Waals surface area contributed by atoms with Crippen molar-refractivity contribution < 1.29 is 18.6 Å². The van der Waals surface area contributed by atoms with Crippen LogP contribution in [0.2, 0.25) is 0 Å². The van der Waals surface area contributed by atoms with Crippen LogP contribution in [0.5, 0.6) is 0 Å². The predicted molar refractivity (Wildman–Crippen MR) is 105 cm³/mol. The second-order valence-electron chi connectivity index (χ2n) is 7.02. The minimum atomic E-state index is -0.286. The number of anilines is 1. The summed E-state index contributed by atoms with van der Waals surface area (Å²) < 4.78 is 30.4. The van der Waals surface area contributed by atoms with Crippen LogP contribution in [0.3, 0.4) is 0 Å². The molecule has 1 aromatic heterocycles. The quantitative estimate of drug-likeness (QED) is 0.563. The molecule has 0 saturated carbocycles. The van der Waals surface area contributed by atoms with Crippen molar-refractivity contribution in [2.75, 3.05) is 71.2 Å². The summed E-state index contributed by atoms with van der Waals surface area (Å²) in [5, 5.41) is 3.44. The van der Waals surface area contributed by atoms with E-state index >= 15 is 0 Å². The van der Waals surface area contributed by atoms with Gasteiger partial charge in [0.05, 0.1) is 33.0 Å². The molecule has 156 valence electrons. The third kappa shape index (κ3) is 5.76. The maximum absolute atomic E-state index is 14.0. The first-order chi connectivity index (χ1) is 13.7. The van der Waals surface area contributed by atoms with Gasteiger partial charge in [0.1, 0.15) is 6.10 Å². The summed E-state index contributed by atoms with van der Waals surface area (Å²) in [7, 11) is 1.68.